The Kier molecular flexibility index (Phi) is 7.43. The lowest BCUT2D eigenvalue weighted by Gasteiger charge is -2.29. The van der Waals surface area contributed by atoms with Crippen LogP contribution >= 0.6 is 0 Å². The van der Waals surface area contributed by atoms with Gasteiger partial charge in [0.05, 0.1) is 17.5 Å². The predicted octanol–water partition coefficient (Wildman–Crippen LogP) is 1.07. The normalized spacial score (nSPS) is 16.9. The first-order valence-electron chi connectivity index (χ1n) is 8.80. The lowest BCUT2D eigenvalue weighted by Crippen LogP contribution is -2.48. The van der Waals surface area contributed by atoms with Crippen LogP contribution in [0.5, 0.6) is 5.75 Å². The van der Waals surface area contributed by atoms with Gasteiger partial charge in [-0.05, 0) is 49.4 Å². The molecule has 1 heterocycles. The summed E-state index contributed by atoms with van der Waals surface area (Å²) in [6.45, 7) is 2.32. The number of nitrogens with zero attached hydrogens (tertiary/aromatic N) is 1. The molecule has 7 nitrogen and oxygen atoms in total. The number of likely N-dealkylation sites (N-methyl/N-ethyl adjacent to an activating group) is 1. The summed E-state index contributed by atoms with van der Waals surface area (Å²) in [5, 5.41) is 0. The molecule has 2 rings (SSSR count). The van der Waals surface area contributed by atoms with Crippen molar-refractivity contribution in [1.29, 1.82) is 0 Å². The highest BCUT2D eigenvalue weighted by atomic mass is 32.2. The zero-order valence-electron chi connectivity index (χ0n) is 15.4. The molecule has 1 atom stereocenters. The molecule has 8 heteroatoms. The third-order valence-electron chi connectivity index (χ3n) is 4.59. The van der Waals surface area contributed by atoms with Gasteiger partial charge in [-0.25, -0.2) is 8.42 Å². The molecule has 1 saturated heterocycles. The molecule has 0 aromatic heterocycles. The van der Waals surface area contributed by atoms with Gasteiger partial charge in [0, 0.05) is 33.1 Å². The monoisotopic (exact) mass is 384 g/mol. The second-order valence-electron chi connectivity index (χ2n) is 6.68. The molecule has 0 aliphatic carbocycles. The fourth-order valence-electron chi connectivity index (χ4n) is 2.92. The second-order valence-corrected chi connectivity index (χ2v) is 8.70. The number of nitrogens with two attached hydrogens (primary N) is 1. The van der Waals surface area contributed by atoms with E-state index in [1.54, 1.807) is 24.1 Å². The van der Waals surface area contributed by atoms with E-state index in [1.165, 1.54) is 18.4 Å². The number of sulfone groups is 1. The van der Waals surface area contributed by atoms with Gasteiger partial charge in [0.25, 0.3) is 0 Å². The minimum absolute atomic E-state index is 0.0468. The van der Waals surface area contributed by atoms with E-state index in [4.69, 9.17) is 15.2 Å². The summed E-state index contributed by atoms with van der Waals surface area (Å²) in [5.41, 5.74) is 6.11. The highest BCUT2D eigenvalue weighted by molar-refractivity contribution is 7.90. The average molecular weight is 384 g/mol. The maximum absolute atomic E-state index is 12.4. The quantitative estimate of drug-likeness (QED) is 0.673. The zero-order valence-corrected chi connectivity index (χ0v) is 16.2. The Balaban J connectivity index is 1.72. The Labute approximate surface area is 155 Å². The van der Waals surface area contributed by atoms with Gasteiger partial charge in [0.15, 0.2) is 9.84 Å². The van der Waals surface area contributed by atoms with E-state index in [0.717, 1.165) is 12.8 Å². The maximum Gasteiger partial charge on any atom is 0.239 e. The van der Waals surface area contributed by atoms with Gasteiger partial charge in [-0.1, -0.05) is 0 Å². The lowest BCUT2D eigenvalue weighted by molar-refractivity contribution is -0.133. The van der Waals surface area contributed by atoms with Crippen LogP contribution in [0.4, 0.5) is 0 Å². The molecule has 0 bridgehead atoms. The zero-order chi connectivity index (χ0) is 19.2. The number of rotatable bonds is 8. The van der Waals surface area contributed by atoms with Gasteiger partial charge < -0.3 is 20.1 Å². The number of carbonyl (C=O) groups excluding carboxylic acids is 1. The SMILES string of the molecule is CN(CCCOc1ccc(S(C)(=O)=O)cc1)C(=O)C(N)C1CCOCC1. The molecule has 1 aromatic rings. The minimum Gasteiger partial charge on any atom is -0.494 e. The molecule has 0 spiro atoms. The van der Waals surface area contributed by atoms with E-state index in [0.29, 0.717) is 38.5 Å². The largest absolute Gasteiger partial charge is 0.494 e. The Hall–Kier alpha value is -1.64. The van der Waals surface area contributed by atoms with Crippen LogP contribution in [0.1, 0.15) is 19.3 Å². The van der Waals surface area contributed by atoms with E-state index in [-0.39, 0.29) is 16.7 Å². The molecule has 26 heavy (non-hydrogen) atoms. The fourth-order valence-corrected chi connectivity index (χ4v) is 3.55. The fraction of sp³-hybridized carbons (Fsp3) is 0.611. The van der Waals surface area contributed by atoms with Gasteiger partial charge in [0.1, 0.15) is 5.75 Å². The molecule has 1 amide bonds. The van der Waals surface area contributed by atoms with Gasteiger partial charge in [-0.2, -0.15) is 0 Å². The minimum atomic E-state index is -3.20. The van der Waals surface area contributed by atoms with E-state index in [1.807, 2.05) is 0 Å². The molecule has 1 aromatic carbocycles. The van der Waals surface area contributed by atoms with E-state index in [9.17, 15) is 13.2 Å². The maximum atomic E-state index is 12.4. The van der Waals surface area contributed by atoms with Crippen LogP contribution < -0.4 is 10.5 Å². The molecule has 1 unspecified atom stereocenters. The standard InChI is InChI=1S/C18H28N2O5S/c1-20(18(21)17(19)14-8-12-24-13-9-14)10-3-11-25-15-4-6-16(7-5-15)26(2,22)23/h4-7,14,17H,3,8-13,19H2,1-2H3. The highest BCUT2D eigenvalue weighted by Crippen LogP contribution is 2.19. The van der Waals surface area contributed by atoms with Crippen LogP contribution in [0.15, 0.2) is 29.2 Å². The first kappa shape index (κ1) is 20.7. The summed E-state index contributed by atoms with van der Waals surface area (Å²) in [6, 6.07) is 5.83. The summed E-state index contributed by atoms with van der Waals surface area (Å²) < 4.78 is 33.7. The van der Waals surface area contributed by atoms with Crippen LogP contribution in [0.2, 0.25) is 0 Å². The number of benzene rings is 1. The van der Waals surface area contributed by atoms with Gasteiger partial charge in [0.2, 0.25) is 5.91 Å². The third-order valence-corrected chi connectivity index (χ3v) is 5.72. The number of carbonyl (C=O) groups is 1. The van der Waals surface area contributed by atoms with Gasteiger partial charge in [-0.15, -0.1) is 0 Å². The van der Waals surface area contributed by atoms with Gasteiger partial charge in [-0.3, -0.25) is 4.79 Å². The molecule has 2 N–H and O–H groups in total. The van der Waals surface area contributed by atoms with Crippen LogP contribution in [-0.4, -0.2) is 64.9 Å². The summed E-state index contributed by atoms with van der Waals surface area (Å²) in [6.07, 6.45) is 3.48. The van der Waals surface area contributed by atoms with Crippen molar-refractivity contribution in [2.24, 2.45) is 11.7 Å². The highest BCUT2D eigenvalue weighted by Gasteiger charge is 2.28. The molecule has 1 aliphatic rings. The summed E-state index contributed by atoms with van der Waals surface area (Å²) in [7, 11) is -1.45. The number of ether oxygens (including phenoxy) is 2. The Morgan fingerprint density at radius 2 is 1.92 bits per heavy atom. The van der Waals surface area contributed by atoms with Crippen molar-refractivity contribution in [3.8, 4) is 5.75 Å². The average Bonchev–Trinajstić information content (AvgIpc) is 2.64. The van der Waals surface area contributed by atoms with Gasteiger partial charge >= 0.3 is 0 Å². The van der Waals surface area contributed by atoms with Crippen molar-refractivity contribution in [3.05, 3.63) is 24.3 Å². The van der Waals surface area contributed by atoms with Crippen LogP contribution in [0.25, 0.3) is 0 Å². The van der Waals surface area contributed by atoms with Crippen molar-refractivity contribution < 1.29 is 22.7 Å². The van der Waals surface area contributed by atoms with Crippen molar-refractivity contribution in [3.63, 3.8) is 0 Å². The van der Waals surface area contributed by atoms with Crippen molar-refractivity contribution >= 4 is 15.7 Å². The number of hydrogen-bond acceptors (Lipinski definition) is 6. The molecule has 146 valence electrons. The topological polar surface area (TPSA) is 98.9 Å². The summed E-state index contributed by atoms with van der Waals surface area (Å²) >= 11 is 0. The van der Waals surface area contributed by atoms with Crippen LogP contribution in [0, 0.1) is 5.92 Å². The Bertz CT molecular complexity index is 684. The second kappa shape index (κ2) is 9.34. The first-order chi connectivity index (χ1) is 12.3. The lowest BCUT2D eigenvalue weighted by atomic mass is 9.91. The van der Waals surface area contributed by atoms with Crippen LogP contribution in [0.3, 0.4) is 0 Å². The van der Waals surface area contributed by atoms with Crippen molar-refractivity contribution in [2.45, 2.75) is 30.2 Å². The van der Waals surface area contributed by atoms with E-state index >= 15 is 0 Å². The van der Waals surface area contributed by atoms with Crippen LogP contribution in [-0.2, 0) is 19.4 Å². The summed E-state index contributed by atoms with van der Waals surface area (Å²) in [5.74, 6) is 0.739. The molecule has 1 fully saturated rings. The Morgan fingerprint density at radius 1 is 1.31 bits per heavy atom. The predicted molar refractivity (Wildman–Crippen MR) is 98.8 cm³/mol. The number of hydrogen-bond donors (Lipinski definition) is 1. The number of amides is 1. The Morgan fingerprint density at radius 3 is 2.50 bits per heavy atom. The molecular formula is C18H28N2O5S. The molecule has 1 aliphatic heterocycles. The smallest absolute Gasteiger partial charge is 0.239 e. The van der Waals surface area contributed by atoms with E-state index < -0.39 is 15.9 Å². The molecule has 0 radical (unpaired) electrons. The van der Waals surface area contributed by atoms with Crippen molar-refractivity contribution in [1.82, 2.24) is 4.90 Å². The van der Waals surface area contributed by atoms with Crippen molar-refractivity contribution in [2.75, 3.05) is 39.7 Å². The third kappa shape index (κ3) is 5.96. The molecular weight excluding hydrogens is 356 g/mol. The van der Waals surface area contributed by atoms with E-state index in [2.05, 4.69) is 0 Å². The molecule has 0 saturated carbocycles. The summed E-state index contributed by atoms with van der Waals surface area (Å²) in [4.78, 5) is 14.3. The first-order valence-corrected chi connectivity index (χ1v) is 10.7.